The Morgan fingerprint density at radius 1 is 1.35 bits per heavy atom. The normalized spacial score (nSPS) is 13.6. The molecule has 5 nitrogen and oxygen atoms in total. The Kier molecular flexibility index (Phi) is 5.55. The molecule has 1 heterocycles. The summed E-state index contributed by atoms with van der Waals surface area (Å²) in [5.74, 6) is 0.0280. The average Bonchev–Trinajstić information content (AvgIpc) is 2.97. The van der Waals surface area contributed by atoms with E-state index in [1.54, 1.807) is 19.0 Å². The average molecular weight is 314 g/mol. The van der Waals surface area contributed by atoms with Crippen LogP contribution in [0.5, 0.6) is 0 Å². The quantitative estimate of drug-likeness (QED) is 0.892. The van der Waals surface area contributed by atoms with Crippen LogP contribution >= 0.6 is 0 Å². The fourth-order valence-electron chi connectivity index (χ4n) is 2.41. The van der Waals surface area contributed by atoms with Crippen LogP contribution in [0.1, 0.15) is 41.4 Å². The van der Waals surface area contributed by atoms with Gasteiger partial charge in [-0.15, -0.1) is 0 Å². The number of nitrogens with one attached hydrogen (secondary N) is 1. The van der Waals surface area contributed by atoms with Crippen LogP contribution in [0.25, 0.3) is 0 Å². The molecular weight excluding hydrogens is 288 g/mol. The van der Waals surface area contributed by atoms with Crippen LogP contribution in [0, 0.1) is 6.92 Å². The molecule has 0 saturated carbocycles. The maximum absolute atomic E-state index is 12.0. The number of carbonyl (C=O) groups excluding carboxylic acids is 1. The van der Waals surface area contributed by atoms with E-state index in [2.05, 4.69) is 30.5 Å². The highest BCUT2D eigenvalue weighted by Gasteiger charge is 2.14. The van der Waals surface area contributed by atoms with Crippen molar-refractivity contribution in [1.82, 2.24) is 20.0 Å². The fourth-order valence-corrected chi connectivity index (χ4v) is 2.41. The van der Waals surface area contributed by atoms with Gasteiger partial charge in [0, 0.05) is 38.4 Å². The van der Waals surface area contributed by atoms with Gasteiger partial charge in [0.15, 0.2) is 0 Å². The van der Waals surface area contributed by atoms with Crippen LogP contribution in [-0.2, 0) is 6.54 Å². The molecule has 0 spiro atoms. The molecule has 1 aromatic carbocycles. The summed E-state index contributed by atoms with van der Waals surface area (Å²) in [6.07, 6.45) is 3.93. The van der Waals surface area contributed by atoms with Crippen LogP contribution in [0.4, 0.5) is 0 Å². The van der Waals surface area contributed by atoms with E-state index in [0.29, 0.717) is 0 Å². The Hall–Kier alpha value is -2.14. The van der Waals surface area contributed by atoms with Gasteiger partial charge in [-0.3, -0.25) is 9.48 Å². The summed E-state index contributed by atoms with van der Waals surface area (Å²) in [5, 5.41) is 7.89. The third-order valence-corrected chi connectivity index (χ3v) is 4.08. The van der Waals surface area contributed by atoms with E-state index >= 15 is 0 Å². The second kappa shape index (κ2) is 7.42. The first-order valence-electron chi connectivity index (χ1n) is 7.93. The molecule has 23 heavy (non-hydrogen) atoms. The van der Waals surface area contributed by atoms with Crippen molar-refractivity contribution < 1.29 is 4.79 Å². The molecule has 2 rings (SSSR count). The van der Waals surface area contributed by atoms with Crippen molar-refractivity contribution in [3.8, 4) is 0 Å². The van der Waals surface area contributed by atoms with E-state index in [1.165, 1.54) is 5.56 Å². The fraction of sp³-hybridized carbons (Fsp3) is 0.444. The Balaban J connectivity index is 1.97. The molecule has 0 aliphatic rings. The molecule has 0 unspecified atom stereocenters. The SMILES string of the molecule is Cc1cnn([C@@H](C)[C@@H](C)NCc2cccc(C(=O)N(C)C)c2)c1. The Labute approximate surface area is 138 Å². The number of amides is 1. The van der Waals surface area contributed by atoms with Gasteiger partial charge in [-0.25, -0.2) is 0 Å². The highest BCUT2D eigenvalue weighted by molar-refractivity contribution is 5.94. The number of nitrogens with zero attached hydrogens (tertiary/aromatic N) is 3. The molecule has 5 heteroatoms. The molecule has 2 aromatic rings. The third-order valence-electron chi connectivity index (χ3n) is 4.08. The number of hydrogen-bond donors (Lipinski definition) is 1. The van der Waals surface area contributed by atoms with Crippen LogP contribution in [0.3, 0.4) is 0 Å². The Bertz CT molecular complexity index is 663. The highest BCUT2D eigenvalue weighted by atomic mass is 16.2. The second-order valence-electron chi connectivity index (χ2n) is 6.31. The number of aromatic nitrogens is 2. The van der Waals surface area contributed by atoms with E-state index in [0.717, 1.165) is 17.7 Å². The topological polar surface area (TPSA) is 50.2 Å². The summed E-state index contributed by atoms with van der Waals surface area (Å²) in [6.45, 7) is 7.06. The lowest BCUT2D eigenvalue weighted by molar-refractivity contribution is 0.0827. The maximum Gasteiger partial charge on any atom is 0.253 e. The molecule has 0 fully saturated rings. The van der Waals surface area contributed by atoms with Gasteiger partial charge in [0.2, 0.25) is 0 Å². The van der Waals surface area contributed by atoms with Crippen LogP contribution < -0.4 is 5.32 Å². The van der Waals surface area contributed by atoms with Crippen molar-refractivity contribution in [2.45, 2.75) is 39.4 Å². The second-order valence-corrected chi connectivity index (χ2v) is 6.31. The van der Waals surface area contributed by atoms with Crippen molar-refractivity contribution >= 4 is 5.91 Å². The molecule has 0 radical (unpaired) electrons. The Morgan fingerprint density at radius 3 is 2.70 bits per heavy atom. The molecule has 0 aliphatic heterocycles. The van der Waals surface area contributed by atoms with Gasteiger partial charge >= 0.3 is 0 Å². The van der Waals surface area contributed by atoms with Crippen molar-refractivity contribution in [3.05, 3.63) is 53.3 Å². The van der Waals surface area contributed by atoms with Crippen molar-refractivity contribution in [3.63, 3.8) is 0 Å². The minimum Gasteiger partial charge on any atom is -0.345 e. The predicted octanol–water partition coefficient (Wildman–Crippen LogP) is 2.63. The van der Waals surface area contributed by atoms with Crippen LogP contribution in [0.2, 0.25) is 0 Å². The standard InChI is InChI=1S/C18H26N4O/c1-13-10-20-22(12-13)15(3)14(2)19-11-16-7-6-8-17(9-16)18(23)21(4)5/h6-10,12,14-15,19H,11H2,1-5H3/t14-,15+/m1/s1. The van der Waals surface area contributed by atoms with E-state index in [-0.39, 0.29) is 18.0 Å². The molecule has 1 amide bonds. The molecular formula is C18H26N4O. The van der Waals surface area contributed by atoms with Crippen LogP contribution in [-0.4, -0.2) is 40.7 Å². The molecule has 0 aliphatic carbocycles. The summed E-state index contributed by atoms with van der Waals surface area (Å²) in [4.78, 5) is 13.6. The predicted molar refractivity (Wildman–Crippen MR) is 92.4 cm³/mol. The third kappa shape index (κ3) is 4.42. The minimum absolute atomic E-state index is 0.0280. The molecule has 1 N–H and O–H groups in total. The first kappa shape index (κ1) is 17.2. The summed E-state index contributed by atoms with van der Waals surface area (Å²) in [6, 6.07) is 8.29. The van der Waals surface area contributed by atoms with Crippen molar-refractivity contribution in [2.75, 3.05) is 14.1 Å². The zero-order chi connectivity index (χ0) is 17.0. The summed E-state index contributed by atoms with van der Waals surface area (Å²) < 4.78 is 1.99. The summed E-state index contributed by atoms with van der Waals surface area (Å²) in [5.41, 5.74) is 2.99. The first-order chi connectivity index (χ1) is 10.9. The molecule has 0 bridgehead atoms. The number of aryl methyl sites for hydroxylation is 1. The smallest absolute Gasteiger partial charge is 0.253 e. The van der Waals surface area contributed by atoms with Gasteiger partial charge in [0.25, 0.3) is 5.91 Å². The summed E-state index contributed by atoms with van der Waals surface area (Å²) in [7, 11) is 3.53. The van der Waals surface area contributed by atoms with Gasteiger partial charge in [-0.05, 0) is 44.0 Å². The number of rotatable bonds is 6. The highest BCUT2D eigenvalue weighted by Crippen LogP contribution is 2.12. The first-order valence-corrected chi connectivity index (χ1v) is 7.93. The molecule has 1 aromatic heterocycles. The zero-order valence-corrected chi connectivity index (χ0v) is 14.6. The maximum atomic E-state index is 12.0. The van der Waals surface area contributed by atoms with Crippen LogP contribution in [0.15, 0.2) is 36.7 Å². The number of benzene rings is 1. The van der Waals surface area contributed by atoms with Gasteiger partial charge in [-0.1, -0.05) is 12.1 Å². The van der Waals surface area contributed by atoms with E-state index in [4.69, 9.17) is 0 Å². The summed E-state index contributed by atoms with van der Waals surface area (Å²) >= 11 is 0. The zero-order valence-electron chi connectivity index (χ0n) is 14.6. The Morgan fingerprint density at radius 2 is 2.09 bits per heavy atom. The van der Waals surface area contributed by atoms with Gasteiger partial charge in [0.1, 0.15) is 0 Å². The molecule has 2 atom stereocenters. The van der Waals surface area contributed by atoms with Gasteiger partial charge < -0.3 is 10.2 Å². The van der Waals surface area contributed by atoms with Crippen molar-refractivity contribution in [1.29, 1.82) is 0 Å². The van der Waals surface area contributed by atoms with E-state index < -0.39 is 0 Å². The largest absolute Gasteiger partial charge is 0.345 e. The lowest BCUT2D eigenvalue weighted by Gasteiger charge is -2.22. The van der Waals surface area contributed by atoms with Gasteiger partial charge in [0.05, 0.1) is 12.2 Å². The number of carbonyl (C=O) groups is 1. The lowest BCUT2D eigenvalue weighted by Crippen LogP contribution is -2.33. The lowest BCUT2D eigenvalue weighted by atomic mass is 10.1. The van der Waals surface area contributed by atoms with Crippen molar-refractivity contribution in [2.24, 2.45) is 0 Å². The van der Waals surface area contributed by atoms with Gasteiger partial charge in [-0.2, -0.15) is 5.10 Å². The molecule has 0 saturated heterocycles. The molecule has 124 valence electrons. The minimum atomic E-state index is 0.0280. The number of hydrogen-bond acceptors (Lipinski definition) is 3. The van der Waals surface area contributed by atoms with E-state index in [1.807, 2.05) is 42.1 Å². The monoisotopic (exact) mass is 314 g/mol. The van der Waals surface area contributed by atoms with E-state index in [9.17, 15) is 4.79 Å².